The molecular weight excluding hydrogens is 1140 g/mol. The number of carbonyl (C=O) groups is 2. The Morgan fingerprint density at radius 3 is 2.61 bits per heavy atom. The summed E-state index contributed by atoms with van der Waals surface area (Å²) in [6, 6.07) is 7.27. The summed E-state index contributed by atoms with van der Waals surface area (Å²) in [5.41, 5.74) is 15.1. The second-order valence-corrected chi connectivity index (χ2v) is 37.6. The minimum atomic E-state index is -1.21. The molecule has 9 heterocycles. The molecule has 0 radical (unpaired) electrons. The number of carbonyl (C=O) groups excluding carboxylic acids is 2. The first-order chi connectivity index (χ1) is 45.4. The van der Waals surface area contributed by atoms with E-state index in [0.29, 0.717) is 118 Å². The molecule has 9 aliphatic heterocycles. The largest absolute Gasteiger partial charge is 0.509 e. The van der Waals surface area contributed by atoms with Crippen molar-refractivity contribution in [3.05, 3.63) is 117 Å². The van der Waals surface area contributed by atoms with Gasteiger partial charge in [0.15, 0.2) is 11.4 Å². The normalized spacial score (nSPS) is 51.9. The van der Waals surface area contributed by atoms with Crippen LogP contribution in [0.3, 0.4) is 0 Å². The minimum Gasteiger partial charge on any atom is -0.509 e. The number of ether oxygens (including phenoxy) is 2. The molecule has 3 saturated heterocycles. The Morgan fingerprint density at radius 2 is 1.70 bits per heavy atom. The van der Waals surface area contributed by atoms with Crippen LogP contribution in [-0.4, -0.2) is 65.1 Å². The molecule has 492 valence electrons. The molecule has 8 nitrogen and oxygen atoms in total. The van der Waals surface area contributed by atoms with Crippen LogP contribution in [0.2, 0.25) is 0 Å². The molecule has 1 aromatic rings. The molecule has 93 heavy (non-hydrogen) atoms. The number of hydrogen-bond acceptors (Lipinski definition) is 8. The van der Waals surface area contributed by atoms with E-state index in [9.17, 15) is 5.11 Å². The van der Waals surface area contributed by atoms with Crippen LogP contribution in [0.1, 0.15) is 234 Å². The van der Waals surface area contributed by atoms with E-state index in [4.69, 9.17) is 15.2 Å². The van der Waals surface area contributed by atoms with Crippen LogP contribution < -0.4 is 5.73 Å². The van der Waals surface area contributed by atoms with Gasteiger partial charge in [0.1, 0.15) is 11.2 Å². The molecule has 19 bridgehead atoms. The van der Waals surface area contributed by atoms with Crippen molar-refractivity contribution < 1.29 is 24.2 Å². The topological polar surface area (TPSA) is 105 Å². The quantitative estimate of drug-likeness (QED) is 0.227. The number of nitrogens with two attached hydrogens (primary N) is 1. The van der Waals surface area contributed by atoms with E-state index in [1.807, 2.05) is 0 Å². The maximum absolute atomic E-state index is 17.7. The number of allylic oxidation sites excluding steroid dienone is 9. The highest BCUT2D eigenvalue weighted by Gasteiger charge is 2.94. The lowest BCUT2D eigenvalue weighted by Crippen LogP contribution is -2.78. The molecular formula is C85H107N3O5. The van der Waals surface area contributed by atoms with E-state index < -0.39 is 16.4 Å². The summed E-state index contributed by atoms with van der Waals surface area (Å²) in [5, 5.41) is 14.8. The first kappa shape index (κ1) is 56.8. The zero-order valence-electron chi connectivity index (χ0n) is 56.3. The average Bonchev–Trinajstić information content (AvgIpc) is 1.53. The Balaban J connectivity index is 0.814. The Kier molecular flexibility index (Phi) is 11.7. The van der Waals surface area contributed by atoms with Crippen molar-refractivity contribution in [1.82, 2.24) is 9.80 Å². The van der Waals surface area contributed by atoms with Crippen LogP contribution >= 0.6 is 0 Å². The first-order valence-corrected chi connectivity index (χ1v) is 39.8. The molecule has 25 atom stereocenters. The van der Waals surface area contributed by atoms with E-state index in [1.54, 1.807) is 22.4 Å². The van der Waals surface area contributed by atoms with Gasteiger partial charge in [0.25, 0.3) is 0 Å². The van der Waals surface area contributed by atoms with Crippen LogP contribution in [0.5, 0.6) is 0 Å². The number of rotatable bonds is 4. The van der Waals surface area contributed by atoms with Gasteiger partial charge in [0.2, 0.25) is 0 Å². The third-order valence-corrected chi connectivity index (χ3v) is 35.2. The smallest absolute Gasteiger partial charge is 0.339 e. The highest BCUT2D eigenvalue weighted by Crippen LogP contribution is 2.90. The number of hydrogen-bond donors (Lipinski definition) is 2. The highest BCUT2D eigenvalue weighted by atomic mass is 16.6. The van der Waals surface area contributed by atoms with Crippen molar-refractivity contribution in [2.24, 2.45) is 132 Å². The number of nitrogens with zero attached hydrogens (tertiary/aromatic N) is 2. The van der Waals surface area contributed by atoms with E-state index in [1.165, 1.54) is 166 Å². The van der Waals surface area contributed by atoms with Gasteiger partial charge in [-0.2, -0.15) is 0 Å². The SMILES string of the molecule is CC1CCCC2=CC3C4=C5CCC67C(=C(O)CC(C89C=CC%10CCCC%10%11CCCC%11(C8)C8(CCCC8)C9)N8CC9CC(C8)C8CCC%10=C(C5C5C(CC=CC35)C%10)N8C9)OC(=O)C46C(CC2C2CCCC3(CCC4C(C=CC43)C1)C2)C71OC(=O)c2c(CCCN)cccc21. The van der Waals surface area contributed by atoms with Crippen molar-refractivity contribution >= 4 is 11.9 Å². The molecule has 8 saturated carbocycles. The van der Waals surface area contributed by atoms with E-state index in [2.05, 4.69) is 77.5 Å². The Hall–Kier alpha value is -4.14. The molecule has 24 aliphatic rings. The van der Waals surface area contributed by atoms with Gasteiger partial charge in [-0.25, -0.2) is 4.79 Å². The lowest BCUT2D eigenvalue weighted by molar-refractivity contribution is -0.283. The van der Waals surface area contributed by atoms with Crippen molar-refractivity contribution in [3.8, 4) is 0 Å². The van der Waals surface area contributed by atoms with E-state index in [-0.39, 0.29) is 53.0 Å². The number of piperidine rings is 2. The number of fused-ring (bicyclic) bond motifs is 8. The van der Waals surface area contributed by atoms with Crippen LogP contribution in [0.4, 0.5) is 0 Å². The van der Waals surface area contributed by atoms with E-state index >= 15 is 9.59 Å². The monoisotopic (exact) mass is 1250 g/mol. The third-order valence-electron chi connectivity index (χ3n) is 35.2. The van der Waals surface area contributed by atoms with Gasteiger partial charge in [-0.1, -0.05) is 123 Å². The molecule has 15 aliphatic carbocycles. The van der Waals surface area contributed by atoms with Gasteiger partial charge in [-0.3, -0.25) is 9.69 Å². The van der Waals surface area contributed by atoms with Gasteiger partial charge in [0, 0.05) is 72.6 Å². The van der Waals surface area contributed by atoms with Crippen LogP contribution in [-0.2, 0) is 26.3 Å². The van der Waals surface area contributed by atoms with E-state index in [0.717, 1.165) is 74.3 Å². The zero-order chi connectivity index (χ0) is 61.5. The summed E-state index contributed by atoms with van der Waals surface area (Å²) in [5.74, 6) is 7.10. The summed E-state index contributed by atoms with van der Waals surface area (Å²) in [6.45, 7) is 6.43. The maximum atomic E-state index is 17.7. The lowest BCUT2D eigenvalue weighted by Gasteiger charge is -2.74. The van der Waals surface area contributed by atoms with Crippen LogP contribution in [0, 0.1) is 127 Å². The fourth-order valence-corrected chi connectivity index (χ4v) is 33.0. The standard InChI is InChI=1S/C85H107N3O5/c1-49-11-4-13-52-40-63-60-18-5-14-54-39-55-21-23-66-57-38-50-44-87(46-57)69(79-33-24-58-17-8-30-81(58)31-10-32-82(81,48-79)80(47-79)28-2-3-29-80)42-67(89)75-83-35-26-61(72(70(54)60)74(55)88(66)45-50)73(63)84(83,77(91)92-75)68(85(83)65-19-6-12-51(16-9-36-86)71(65)76(90)93-85)41-62(52)56-15-7-27-78(43-56)34-25-59-53(37-49)20-22-64(59)78/h5-6,12,18-20,22,24,33,40,49-50,53-54,56-60,62-64,66,68-70,72,89H,2-4,7-11,13-17,21,23,25-32,34-39,41-48,86H2,1H3. The second kappa shape index (κ2) is 19.2. The molecule has 0 amide bonds. The van der Waals surface area contributed by atoms with Crippen molar-refractivity contribution in [1.29, 1.82) is 0 Å². The molecule has 25 unspecified atom stereocenters. The third kappa shape index (κ3) is 6.62. The average molecular weight is 1250 g/mol. The number of aryl methyl sites for hydroxylation is 1. The lowest BCUT2D eigenvalue weighted by atomic mass is 9.26. The highest BCUT2D eigenvalue weighted by molar-refractivity contribution is 6.00. The maximum Gasteiger partial charge on any atom is 0.339 e. The number of esters is 2. The molecule has 1 aromatic carbocycles. The fraction of sp³-hybridized carbons (Fsp3) is 0.741. The van der Waals surface area contributed by atoms with Crippen molar-refractivity contribution in [3.63, 3.8) is 0 Å². The Bertz CT molecular complexity index is 3700. The minimum absolute atomic E-state index is 0.0306. The fourth-order valence-electron chi connectivity index (χ4n) is 33.0. The van der Waals surface area contributed by atoms with Crippen LogP contribution in [0.25, 0.3) is 0 Å². The molecule has 7 spiro atoms. The predicted molar refractivity (Wildman–Crippen MR) is 360 cm³/mol. The summed E-state index contributed by atoms with van der Waals surface area (Å²) in [7, 11) is 0. The second-order valence-electron chi connectivity index (χ2n) is 37.6. The number of aliphatic hydroxyl groups excluding tert-OH is 1. The van der Waals surface area contributed by atoms with Crippen LogP contribution in [0.15, 0.2) is 100 Å². The first-order valence-electron chi connectivity index (χ1n) is 39.8. The molecule has 25 rings (SSSR count). The summed E-state index contributed by atoms with van der Waals surface area (Å²) >= 11 is 0. The summed E-state index contributed by atoms with van der Waals surface area (Å²) in [6.07, 6.45) is 58.8. The Morgan fingerprint density at radius 1 is 0.796 bits per heavy atom. The van der Waals surface area contributed by atoms with Gasteiger partial charge in [-0.15, -0.1) is 0 Å². The van der Waals surface area contributed by atoms with Gasteiger partial charge < -0.3 is 25.2 Å². The summed E-state index contributed by atoms with van der Waals surface area (Å²) in [4.78, 5) is 40.0. The van der Waals surface area contributed by atoms with Crippen molar-refractivity contribution in [2.45, 2.75) is 236 Å². The van der Waals surface area contributed by atoms with Gasteiger partial charge in [-0.05, 0) is 277 Å². The Labute approximate surface area is 555 Å². The van der Waals surface area contributed by atoms with Crippen molar-refractivity contribution in [2.75, 3.05) is 26.2 Å². The molecule has 3 N–H and O–H groups in total. The van der Waals surface area contributed by atoms with Gasteiger partial charge >= 0.3 is 11.9 Å². The molecule has 0 aromatic heterocycles. The number of aliphatic hydroxyl groups is 1. The molecule has 11 fully saturated rings. The van der Waals surface area contributed by atoms with Gasteiger partial charge in [0.05, 0.1) is 11.0 Å². The predicted octanol–water partition coefficient (Wildman–Crippen LogP) is 17.3. The summed E-state index contributed by atoms with van der Waals surface area (Å²) < 4.78 is 15.6. The molecule has 8 heteroatoms. The zero-order valence-corrected chi connectivity index (χ0v) is 56.3. The number of benzene rings is 1.